The van der Waals surface area contributed by atoms with Gasteiger partial charge in [0.1, 0.15) is 0 Å². The summed E-state index contributed by atoms with van der Waals surface area (Å²) >= 11 is 0. The van der Waals surface area contributed by atoms with Gasteiger partial charge in [-0.3, -0.25) is 4.79 Å². The maximum absolute atomic E-state index is 11.9. The third kappa shape index (κ3) is 7.34. The molecule has 5 nitrogen and oxygen atoms in total. The predicted octanol–water partition coefficient (Wildman–Crippen LogP) is 3.14. The summed E-state index contributed by atoms with van der Waals surface area (Å²) in [6.07, 6.45) is 4.84. The van der Waals surface area contributed by atoms with Gasteiger partial charge in [-0.2, -0.15) is 0 Å². The summed E-state index contributed by atoms with van der Waals surface area (Å²) in [5.41, 5.74) is 0.279. The van der Waals surface area contributed by atoms with Gasteiger partial charge < -0.3 is 15.7 Å². The van der Waals surface area contributed by atoms with E-state index in [1.807, 2.05) is 6.92 Å². The van der Waals surface area contributed by atoms with Crippen LogP contribution >= 0.6 is 0 Å². The highest BCUT2D eigenvalue weighted by Gasteiger charge is 2.26. The summed E-state index contributed by atoms with van der Waals surface area (Å²) in [6.45, 7) is 8.61. The van der Waals surface area contributed by atoms with Crippen molar-refractivity contribution in [2.75, 3.05) is 0 Å². The second-order valence-electron chi connectivity index (χ2n) is 7.50. The highest BCUT2D eigenvalue weighted by Crippen LogP contribution is 2.24. The normalized spacial score (nSPS) is 24.2. The van der Waals surface area contributed by atoms with Crippen LogP contribution in [0.1, 0.15) is 66.2 Å². The van der Waals surface area contributed by atoms with E-state index in [2.05, 4.69) is 31.4 Å². The van der Waals surface area contributed by atoms with E-state index >= 15 is 0 Å². The molecular formula is C16H30N2O3. The molecule has 122 valence electrons. The van der Waals surface area contributed by atoms with Crippen LogP contribution in [0.4, 0.5) is 4.79 Å². The molecular weight excluding hydrogens is 268 g/mol. The lowest BCUT2D eigenvalue weighted by molar-refractivity contribution is -0.142. The third-order valence-electron chi connectivity index (χ3n) is 4.12. The first-order valence-electron chi connectivity index (χ1n) is 7.97. The molecule has 1 unspecified atom stereocenters. The van der Waals surface area contributed by atoms with E-state index in [9.17, 15) is 9.59 Å². The molecule has 1 fully saturated rings. The fourth-order valence-electron chi connectivity index (χ4n) is 2.66. The van der Waals surface area contributed by atoms with Gasteiger partial charge in [0.15, 0.2) is 0 Å². The third-order valence-corrected chi connectivity index (χ3v) is 4.12. The van der Waals surface area contributed by atoms with Crippen molar-refractivity contribution >= 4 is 12.0 Å². The van der Waals surface area contributed by atoms with Gasteiger partial charge in [0.2, 0.25) is 0 Å². The van der Waals surface area contributed by atoms with Gasteiger partial charge in [0.25, 0.3) is 0 Å². The number of carboxylic acid groups (broad SMARTS) is 1. The molecule has 0 spiro atoms. The van der Waals surface area contributed by atoms with E-state index in [4.69, 9.17) is 5.11 Å². The minimum absolute atomic E-state index is 0.107. The van der Waals surface area contributed by atoms with Gasteiger partial charge in [0.05, 0.1) is 5.92 Å². The number of aliphatic carboxylic acids is 1. The van der Waals surface area contributed by atoms with Gasteiger partial charge in [0, 0.05) is 12.1 Å². The number of nitrogens with one attached hydrogen (secondary N) is 2. The summed E-state index contributed by atoms with van der Waals surface area (Å²) in [5, 5.41) is 14.9. The number of carbonyl (C=O) groups excluding carboxylic acids is 1. The first kappa shape index (κ1) is 17.8. The second kappa shape index (κ2) is 7.66. The van der Waals surface area contributed by atoms with Crippen molar-refractivity contribution in [1.82, 2.24) is 10.6 Å². The number of carboxylic acids is 1. The van der Waals surface area contributed by atoms with Crippen LogP contribution in [0.2, 0.25) is 0 Å². The summed E-state index contributed by atoms with van der Waals surface area (Å²) in [6, 6.07) is 0.130. The topological polar surface area (TPSA) is 78.4 Å². The quantitative estimate of drug-likeness (QED) is 0.729. The van der Waals surface area contributed by atoms with Crippen molar-refractivity contribution < 1.29 is 14.7 Å². The van der Waals surface area contributed by atoms with Crippen molar-refractivity contribution in [3.05, 3.63) is 0 Å². The lowest BCUT2D eigenvalue weighted by atomic mass is 9.86. The number of urea groups is 1. The van der Waals surface area contributed by atoms with Crippen molar-refractivity contribution in [2.24, 2.45) is 11.3 Å². The SMILES string of the molecule is CC(CCC(C)(C)C)NC(=O)NC1CCC(C(=O)O)CC1. The van der Waals surface area contributed by atoms with Crippen molar-refractivity contribution in [3.63, 3.8) is 0 Å². The molecule has 3 N–H and O–H groups in total. The summed E-state index contributed by atoms with van der Waals surface area (Å²) < 4.78 is 0. The van der Waals surface area contributed by atoms with Crippen LogP contribution in [0.15, 0.2) is 0 Å². The average Bonchev–Trinajstić information content (AvgIpc) is 2.36. The maximum atomic E-state index is 11.9. The number of rotatable bonds is 5. The van der Waals surface area contributed by atoms with Crippen LogP contribution in [-0.2, 0) is 4.79 Å². The monoisotopic (exact) mass is 298 g/mol. The molecule has 0 aliphatic heterocycles. The van der Waals surface area contributed by atoms with Crippen LogP contribution in [0.25, 0.3) is 0 Å². The Kier molecular flexibility index (Phi) is 6.49. The molecule has 0 aromatic carbocycles. The zero-order valence-corrected chi connectivity index (χ0v) is 13.7. The minimum atomic E-state index is -0.714. The minimum Gasteiger partial charge on any atom is -0.481 e. The van der Waals surface area contributed by atoms with E-state index in [0.29, 0.717) is 12.8 Å². The van der Waals surface area contributed by atoms with Crippen molar-refractivity contribution in [2.45, 2.75) is 78.3 Å². The zero-order chi connectivity index (χ0) is 16.0. The summed E-state index contributed by atoms with van der Waals surface area (Å²) in [7, 11) is 0. The molecule has 1 saturated carbocycles. The number of amides is 2. The van der Waals surface area contributed by atoms with Crippen LogP contribution in [-0.4, -0.2) is 29.2 Å². The van der Waals surface area contributed by atoms with Gasteiger partial charge in [-0.25, -0.2) is 4.79 Å². The first-order valence-corrected chi connectivity index (χ1v) is 7.97. The largest absolute Gasteiger partial charge is 0.481 e. The Hall–Kier alpha value is -1.26. The molecule has 5 heteroatoms. The second-order valence-corrected chi connectivity index (χ2v) is 7.50. The average molecular weight is 298 g/mol. The van der Waals surface area contributed by atoms with Crippen LogP contribution in [0.3, 0.4) is 0 Å². The summed E-state index contributed by atoms with van der Waals surface area (Å²) in [4.78, 5) is 22.8. The predicted molar refractivity (Wildman–Crippen MR) is 83.2 cm³/mol. The molecule has 0 heterocycles. The number of hydrogen-bond acceptors (Lipinski definition) is 2. The molecule has 0 radical (unpaired) electrons. The zero-order valence-electron chi connectivity index (χ0n) is 13.7. The Morgan fingerprint density at radius 2 is 1.76 bits per heavy atom. The van der Waals surface area contributed by atoms with E-state index in [1.54, 1.807) is 0 Å². The molecule has 1 rings (SSSR count). The Labute approximate surface area is 127 Å². The van der Waals surface area contributed by atoms with Gasteiger partial charge in [-0.05, 0) is 50.9 Å². The molecule has 0 aromatic heterocycles. The molecule has 1 aliphatic rings. The smallest absolute Gasteiger partial charge is 0.315 e. The van der Waals surface area contributed by atoms with Crippen molar-refractivity contribution in [1.29, 1.82) is 0 Å². The van der Waals surface area contributed by atoms with E-state index in [0.717, 1.165) is 25.7 Å². The fourth-order valence-corrected chi connectivity index (χ4v) is 2.66. The Morgan fingerprint density at radius 3 is 2.24 bits per heavy atom. The van der Waals surface area contributed by atoms with E-state index in [1.165, 1.54) is 0 Å². The van der Waals surface area contributed by atoms with Gasteiger partial charge in [-0.1, -0.05) is 20.8 Å². The number of carbonyl (C=O) groups is 2. The molecule has 0 bridgehead atoms. The highest BCUT2D eigenvalue weighted by atomic mass is 16.4. The fraction of sp³-hybridized carbons (Fsp3) is 0.875. The van der Waals surface area contributed by atoms with Crippen LogP contribution in [0.5, 0.6) is 0 Å². The summed E-state index contributed by atoms with van der Waals surface area (Å²) in [5.74, 6) is -0.953. The van der Waals surface area contributed by atoms with E-state index < -0.39 is 5.97 Å². The van der Waals surface area contributed by atoms with Gasteiger partial charge >= 0.3 is 12.0 Å². The lowest BCUT2D eigenvalue weighted by Crippen LogP contribution is -2.47. The van der Waals surface area contributed by atoms with Crippen LogP contribution in [0, 0.1) is 11.3 Å². The van der Waals surface area contributed by atoms with Gasteiger partial charge in [-0.15, -0.1) is 0 Å². The van der Waals surface area contributed by atoms with Crippen molar-refractivity contribution in [3.8, 4) is 0 Å². The Morgan fingerprint density at radius 1 is 1.19 bits per heavy atom. The van der Waals surface area contributed by atoms with E-state index in [-0.39, 0.29) is 29.4 Å². The lowest BCUT2D eigenvalue weighted by Gasteiger charge is -2.28. The Balaban J connectivity index is 2.23. The molecule has 2 amide bonds. The standard InChI is InChI=1S/C16H30N2O3/c1-11(9-10-16(2,3)4)17-15(21)18-13-7-5-12(6-8-13)14(19)20/h11-13H,5-10H2,1-4H3,(H,19,20)(H2,17,18,21). The van der Waals surface area contributed by atoms with Crippen LogP contribution < -0.4 is 10.6 Å². The Bertz CT molecular complexity index is 355. The number of hydrogen-bond donors (Lipinski definition) is 3. The molecule has 0 saturated heterocycles. The molecule has 0 aromatic rings. The molecule has 21 heavy (non-hydrogen) atoms. The molecule has 1 aliphatic carbocycles. The highest BCUT2D eigenvalue weighted by molar-refractivity contribution is 5.74. The first-order chi connectivity index (χ1) is 9.67. The maximum Gasteiger partial charge on any atom is 0.315 e. The molecule has 1 atom stereocenters.